The van der Waals surface area contributed by atoms with Crippen LogP contribution in [-0.4, -0.2) is 21.4 Å². The van der Waals surface area contributed by atoms with Crippen LogP contribution in [0.3, 0.4) is 0 Å². The van der Waals surface area contributed by atoms with Crippen molar-refractivity contribution in [1.82, 2.24) is 0 Å². The van der Waals surface area contributed by atoms with Crippen LogP contribution in [0, 0.1) is 0 Å². The van der Waals surface area contributed by atoms with Gasteiger partial charge in [0.1, 0.15) is 0 Å². The highest BCUT2D eigenvalue weighted by molar-refractivity contribution is 7.92. The van der Waals surface area contributed by atoms with Crippen LogP contribution in [-0.2, 0) is 10.0 Å². The van der Waals surface area contributed by atoms with Crippen molar-refractivity contribution >= 4 is 50.5 Å². The van der Waals surface area contributed by atoms with Crippen LogP contribution in [0.4, 0.5) is 11.4 Å². The van der Waals surface area contributed by atoms with E-state index in [2.05, 4.69) is 5.32 Å². The minimum atomic E-state index is -3.77. The van der Waals surface area contributed by atoms with Gasteiger partial charge in [-0.2, -0.15) is 0 Å². The lowest BCUT2D eigenvalue weighted by atomic mass is 10.1. The van der Waals surface area contributed by atoms with E-state index in [0.29, 0.717) is 16.4 Å². The Hall–Kier alpha value is -2.54. The second-order valence-corrected chi connectivity index (χ2v) is 8.72. The first-order valence-electron chi connectivity index (χ1n) is 8.19. The third-order valence-corrected chi connectivity index (χ3v) is 6.44. The van der Waals surface area contributed by atoms with Crippen molar-refractivity contribution in [3.8, 4) is 0 Å². The average molecular weight is 435 g/mol. The molecule has 0 saturated heterocycles. The summed E-state index contributed by atoms with van der Waals surface area (Å²) in [4.78, 5) is 12.8. The molecule has 3 rings (SSSR count). The molecule has 0 aliphatic carbocycles. The zero-order valence-electron chi connectivity index (χ0n) is 14.8. The van der Waals surface area contributed by atoms with Crippen molar-refractivity contribution in [1.29, 1.82) is 0 Å². The van der Waals surface area contributed by atoms with Gasteiger partial charge < -0.3 is 5.32 Å². The number of benzene rings is 3. The van der Waals surface area contributed by atoms with Crippen LogP contribution in [0.1, 0.15) is 10.4 Å². The summed E-state index contributed by atoms with van der Waals surface area (Å²) >= 11 is 12.0. The Labute approximate surface area is 173 Å². The minimum Gasteiger partial charge on any atom is -0.322 e. The molecular weight excluding hydrogens is 419 g/mol. The molecule has 8 heteroatoms. The summed E-state index contributed by atoms with van der Waals surface area (Å²) in [5.41, 5.74) is 1.01. The molecule has 0 radical (unpaired) electrons. The molecular formula is C20H16Cl2N2O3S. The first-order chi connectivity index (χ1) is 13.3. The number of halogens is 2. The van der Waals surface area contributed by atoms with E-state index in [0.717, 1.165) is 4.31 Å². The van der Waals surface area contributed by atoms with Gasteiger partial charge in [0, 0.05) is 17.8 Å². The van der Waals surface area contributed by atoms with Gasteiger partial charge in [0.05, 0.1) is 21.2 Å². The van der Waals surface area contributed by atoms with Crippen molar-refractivity contribution in [2.24, 2.45) is 0 Å². The summed E-state index contributed by atoms with van der Waals surface area (Å²) in [5.74, 6) is -0.459. The second kappa shape index (κ2) is 8.22. The number of hydrogen-bond donors (Lipinski definition) is 1. The largest absolute Gasteiger partial charge is 0.322 e. The highest BCUT2D eigenvalue weighted by Gasteiger charge is 2.22. The van der Waals surface area contributed by atoms with Gasteiger partial charge >= 0.3 is 0 Å². The summed E-state index contributed by atoms with van der Waals surface area (Å²) in [5, 5.41) is 3.47. The van der Waals surface area contributed by atoms with Gasteiger partial charge in [-0.05, 0) is 54.6 Å². The summed E-state index contributed by atoms with van der Waals surface area (Å²) in [6, 6.07) is 19.1. The maximum absolute atomic E-state index is 12.8. The van der Waals surface area contributed by atoms with Gasteiger partial charge in [0.2, 0.25) is 0 Å². The number of sulfonamides is 1. The molecule has 0 spiro atoms. The Morgan fingerprint density at radius 3 is 2.21 bits per heavy atom. The standard InChI is InChI=1S/C20H16Cl2N2O3S/c1-24(28(26,27)17-5-3-2-4-6-17)16-11-12-19(22)18(13-16)20(25)23-15-9-7-14(21)8-10-15/h2-13H,1H3,(H,23,25). The van der Waals surface area contributed by atoms with Gasteiger partial charge in [-0.25, -0.2) is 8.42 Å². The highest BCUT2D eigenvalue weighted by Crippen LogP contribution is 2.27. The first-order valence-corrected chi connectivity index (χ1v) is 10.4. The molecule has 1 amide bonds. The number of rotatable bonds is 5. The van der Waals surface area contributed by atoms with Crippen molar-refractivity contribution in [3.05, 3.63) is 88.4 Å². The Balaban J connectivity index is 1.90. The fourth-order valence-corrected chi connectivity index (χ4v) is 4.04. The van der Waals surface area contributed by atoms with Crippen LogP contribution in [0.25, 0.3) is 0 Å². The molecule has 3 aromatic rings. The molecule has 5 nitrogen and oxygen atoms in total. The predicted octanol–water partition coefficient (Wildman–Crippen LogP) is 5.07. The normalized spacial score (nSPS) is 11.1. The average Bonchev–Trinajstić information content (AvgIpc) is 2.70. The quantitative estimate of drug-likeness (QED) is 0.609. The van der Waals surface area contributed by atoms with Crippen LogP contribution >= 0.6 is 23.2 Å². The fraction of sp³-hybridized carbons (Fsp3) is 0.0500. The number of carbonyl (C=O) groups is 1. The van der Waals surface area contributed by atoms with Gasteiger partial charge in [-0.15, -0.1) is 0 Å². The van der Waals surface area contributed by atoms with Crippen LogP contribution < -0.4 is 9.62 Å². The van der Waals surface area contributed by atoms with E-state index in [4.69, 9.17) is 23.2 Å². The molecule has 3 aromatic carbocycles. The van der Waals surface area contributed by atoms with E-state index in [1.807, 2.05) is 0 Å². The molecule has 0 fully saturated rings. The number of carbonyl (C=O) groups excluding carboxylic acids is 1. The summed E-state index contributed by atoms with van der Waals surface area (Å²) < 4.78 is 26.7. The minimum absolute atomic E-state index is 0.152. The molecule has 0 aromatic heterocycles. The van der Waals surface area contributed by atoms with Gasteiger partial charge in [0.25, 0.3) is 15.9 Å². The smallest absolute Gasteiger partial charge is 0.264 e. The van der Waals surface area contributed by atoms with Crippen molar-refractivity contribution in [2.45, 2.75) is 4.90 Å². The number of nitrogens with zero attached hydrogens (tertiary/aromatic N) is 1. The lowest BCUT2D eigenvalue weighted by molar-refractivity contribution is 0.102. The van der Waals surface area contributed by atoms with E-state index in [1.165, 1.54) is 31.3 Å². The van der Waals surface area contributed by atoms with Gasteiger partial charge in [0.15, 0.2) is 0 Å². The molecule has 0 unspecified atom stereocenters. The Kier molecular flexibility index (Phi) is 5.93. The zero-order valence-corrected chi connectivity index (χ0v) is 17.1. The van der Waals surface area contributed by atoms with Crippen molar-refractivity contribution in [3.63, 3.8) is 0 Å². The maximum Gasteiger partial charge on any atom is 0.264 e. The van der Waals surface area contributed by atoms with Gasteiger partial charge in [-0.1, -0.05) is 41.4 Å². The lowest BCUT2D eigenvalue weighted by Crippen LogP contribution is -2.27. The maximum atomic E-state index is 12.8. The van der Waals surface area contributed by atoms with E-state index in [-0.39, 0.29) is 15.5 Å². The lowest BCUT2D eigenvalue weighted by Gasteiger charge is -2.20. The zero-order chi connectivity index (χ0) is 20.3. The molecule has 28 heavy (non-hydrogen) atoms. The third kappa shape index (κ3) is 4.30. The summed E-state index contributed by atoms with van der Waals surface area (Å²) in [6.07, 6.45) is 0. The number of nitrogens with one attached hydrogen (secondary N) is 1. The molecule has 0 bridgehead atoms. The Bertz CT molecular complexity index is 1100. The fourth-order valence-electron chi connectivity index (χ4n) is 2.50. The van der Waals surface area contributed by atoms with E-state index < -0.39 is 15.9 Å². The molecule has 0 heterocycles. The van der Waals surface area contributed by atoms with E-state index >= 15 is 0 Å². The monoisotopic (exact) mass is 434 g/mol. The van der Waals surface area contributed by atoms with Gasteiger partial charge in [-0.3, -0.25) is 9.10 Å². The number of anilines is 2. The predicted molar refractivity (Wildman–Crippen MR) is 113 cm³/mol. The Morgan fingerprint density at radius 2 is 1.57 bits per heavy atom. The van der Waals surface area contributed by atoms with Crippen LogP contribution in [0.5, 0.6) is 0 Å². The molecule has 0 saturated carbocycles. The van der Waals surface area contributed by atoms with Crippen molar-refractivity contribution in [2.75, 3.05) is 16.7 Å². The summed E-state index contributed by atoms with van der Waals surface area (Å²) in [6.45, 7) is 0. The number of hydrogen-bond acceptors (Lipinski definition) is 3. The molecule has 0 aliphatic rings. The molecule has 0 atom stereocenters. The van der Waals surface area contributed by atoms with Crippen molar-refractivity contribution < 1.29 is 13.2 Å². The second-order valence-electron chi connectivity index (χ2n) is 5.91. The number of amides is 1. The molecule has 1 N–H and O–H groups in total. The summed E-state index contributed by atoms with van der Waals surface area (Å²) in [7, 11) is -2.34. The van der Waals surface area contributed by atoms with Crippen LogP contribution in [0.15, 0.2) is 77.7 Å². The first kappa shape index (κ1) is 20.2. The van der Waals surface area contributed by atoms with Crippen LogP contribution in [0.2, 0.25) is 10.0 Å². The van der Waals surface area contributed by atoms with E-state index in [1.54, 1.807) is 48.5 Å². The Morgan fingerprint density at radius 1 is 0.929 bits per heavy atom. The highest BCUT2D eigenvalue weighted by atomic mass is 35.5. The SMILES string of the molecule is CN(c1ccc(Cl)c(C(=O)Nc2ccc(Cl)cc2)c1)S(=O)(=O)c1ccccc1. The molecule has 0 aliphatic heterocycles. The molecule has 144 valence electrons. The topological polar surface area (TPSA) is 66.5 Å². The third-order valence-electron chi connectivity index (χ3n) is 4.06. The van der Waals surface area contributed by atoms with E-state index in [9.17, 15) is 13.2 Å².